The number of ketones is 1. The first kappa shape index (κ1) is 29.4. The predicted octanol–water partition coefficient (Wildman–Crippen LogP) is 4.52. The van der Waals surface area contributed by atoms with Gasteiger partial charge >= 0.3 is 5.97 Å². The Morgan fingerprint density at radius 3 is 2.59 bits per heavy atom. The fourth-order valence-electron chi connectivity index (χ4n) is 5.83. The first-order chi connectivity index (χ1) is 17.7. The van der Waals surface area contributed by atoms with Crippen molar-refractivity contribution in [2.75, 3.05) is 7.11 Å². The van der Waals surface area contributed by atoms with Gasteiger partial charge in [-0.25, -0.2) is 0 Å². The van der Waals surface area contributed by atoms with Crippen LogP contribution in [0.2, 0.25) is 0 Å². The second kappa shape index (κ2) is 13.2. The zero-order valence-electron chi connectivity index (χ0n) is 21.3. The van der Waals surface area contributed by atoms with Gasteiger partial charge in [0.05, 0.1) is 25.7 Å². The fraction of sp³-hybridized carbons (Fsp3) is 0.778. The predicted molar refractivity (Wildman–Crippen MR) is 146 cm³/mol. The number of hydrogen-bond donors (Lipinski definition) is 1. The maximum absolute atomic E-state index is 12.4. The Hall–Kier alpha value is -0.560. The largest absolute Gasteiger partial charge is 0.469 e. The van der Waals surface area contributed by atoms with Crippen LogP contribution in [-0.4, -0.2) is 77.9 Å². The zero-order valence-corrected chi connectivity index (χ0v) is 24.2. The summed E-state index contributed by atoms with van der Waals surface area (Å²) < 4.78 is 31.5. The molecule has 0 radical (unpaired) electrons. The Labute approximate surface area is 237 Å². The summed E-state index contributed by atoms with van der Waals surface area (Å²) in [6.45, 7) is 3.85. The van der Waals surface area contributed by atoms with E-state index in [1.165, 1.54) is 19.3 Å². The van der Waals surface area contributed by atoms with Crippen molar-refractivity contribution >= 4 is 45.9 Å². The zero-order chi connectivity index (χ0) is 26.6. The molecule has 3 saturated heterocycles. The third-order valence-electron chi connectivity index (χ3n) is 7.69. The number of alkyl halides is 1. The number of rotatable bonds is 10. The Morgan fingerprint density at radius 2 is 1.89 bits per heavy atom. The molecule has 4 fully saturated rings. The van der Waals surface area contributed by atoms with E-state index in [1.54, 1.807) is 0 Å². The summed E-state index contributed by atoms with van der Waals surface area (Å²) in [7, 11) is 1.37. The van der Waals surface area contributed by atoms with Crippen molar-refractivity contribution in [1.29, 1.82) is 0 Å². The molecule has 8 atom stereocenters. The van der Waals surface area contributed by atoms with Crippen LogP contribution in [0.5, 0.6) is 0 Å². The molecular weight excluding hydrogens is 615 g/mol. The molecular formula is C27H38ClIO8. The molecule has 4 aliphatic rings. The minimum Gasteiger partial charge on any atom is -0.469 e. The van der Waals surface area contributed by atoms with Crippen molar-refractivity contribution in [3.8, 4) is 0 Å². The molecule has 8 nitrogen and oxygen atoms in total. The van der Waals surface area contributed by atoms with E-state index in [0.717, 1.165) is 35.7 Å². The monoisotopic (exact) mass is 652 g/mol. The number of ether oxygens (including phenoxy) is 5. The first-order valence-electron chi connectivity index (χ1n) is 13.3. The maximum atomic E-state index is 12.4. The molecule has 3 aliphatic heterocycles. The molecule has 1 spiro atoms. The number of halogens is 2. The minimum atomic E-state index is -1.05. The number of fused-ring (bicyclic) bond motifs is 3. The fourth-order valence-corrected chi connectivity index (χ4v) is 6.92. The number of esters is 1. The third kappa shape index (κ3) is 7.55. The number of carbonyl (C=O) groups is 2. The lowest BCUT2D eigenvalue weighted by atomic mass is 9.87. The molecule has 0 amide bonds. The van der Waals surface area contributed by atoms with Gasteiger partial charge in [0.15, 0.2) is 11.6 Å². The lowest BCUT2D eigenvalue weighted by Gasteiger charge is -2.47. The Balaban J connectivity index is 1.43. The highest BCUT2D eigenvalue weighted by atomic mass is 127. The molecule has 3 heterocycles. The number of aliphatic hydroxyl groups is 1. The summed E-state index contributed by atoms with van der Waals surface area (Å²) in [6.07, 6.45) is 6.87. The van der Waals surface area contributed by atoms with E-state index in [9.17, 15) is 14.7 Å². The average Bonchev–Trinajstić information content (AvgIpc) is 3.24. The van der Waals surface area contributed by atoms with Crippen LogP contribution in [0, 0.1) is 0 Å². The van der Waals surface area contributed by atoms with Crippen molar-refractivity contribution in [2.24, 2.45) is 0 Å². The lowest BCUT2D eigenvalue weighted by Crippen LogP contribution is -2.62. The van der Waals surface area contributed by atoms with Crippen LogP contribution in [0.15, 0.2) is 22.3 Å². The van der Waals surface area contributed by atoms with Crippen molar-refractivity contribution < 1.29 is 38.4 Å². The number of hydrogen-bond acceptors (Lipinski definition) is 8. The van der Waals surface area contributed by atoms with Gasteiger partial charge in [-0.2, -0.15) is 0 Å². The van der Waals surface area contributed by atoms with Gasteiger partial charge in [-0.3, -0.25) is 9.59 Å². The Bertz CT molecular complexity index is 859. The molecule has 0 bridgehead atoms. The molecule has 2 unspecified atom stereocenters. The molecule has 1 aliphatic carbocycles. The van der Waals surface area contributed by atoms with Crippen molar-refractivity contribution in [3.63, 3.8) is 0 Å². The topological polar surface area (TPSA) is 101 Å². The van der Waals surface area contributed by atoms with E-state index in [0.29, 0.717) is 32.1 Å². The number of carbonyl (C=O) groups excluding carboxylic acids is 2. The van der Waals surface area contributed by atoms with Crippen LogP contribution in [-0.2, 0) is 33.3 Å². The number of allylic oxidation sites excluding steroid dienone is 2. The standard InChI is InChI=1S/C27H38ClIO8/c1-16(29)14-17(28)6-7-18(30)8-10-20(31)23-25-26(37-27(36-25)12-4-3-5-13-27)24-21(35-23)11-9-19(34-24)15-22(32)33-2/h8,10,17,19-21,23-26,31H,1,3-7,9,11-15H2,2H3/b10-8+/t17-,19-,20?,21+,23?,24+,25-,26+/m1/s1. The first-order valence-corrected chi connectivity index (χ1v) is 14.8. The van der Waals surface area contributed by atoms with E-state index in [1.807, 2.05) is 0 Å². The van der Waals surface area contributed by atoms with E-state index in [-0.39, 0.29) is 35.8 Å². The van der Waals surface area contributed by atoms with Gasteiger partial charge in [0.25, 0.3) is 0 Å². The van der Waals surface area contributed by atoms with Gasteiger partial charge in [-0.15, -0.1) is 11.6 Å². The third-order valence-corrected chi connectivity index (χ3v) is 8.51. The summed E-state index contributed by atoms with van der Waals surface area (Å²) in [5.41, 5.74) is 0. The van der Waals surface area contributed by atoms with Gasteiger partial charge in [0.1, 0.15) is 30.5 Å². The molecule has 1 saturated carbocycles. The smallest absolute Gasteiger partial charge is 0.308 e. The van der Waals surface area contributed by atoms with Crippen LogP contribution in [0.3, 0.4) is 0 Å². The summed E-state index contributed by atoms with van der Waals surface area (Å²) in [6, 6.07) is 0. The average molecular weight is 653 g/mol. The summed E-state index contributed by atoms with van der Waals surface area (Å²) in [5.74, 6) is -1.13. The highest BCUT2D eigenvalue weighted by Crippen LogP contribution is 2.48. The molecule has 4 rings (SSSR count). The van der Waals surface area contributed by atoms with Gasteiger partial charge in [-0.05, 0) is 76.8 Å². The van der Waals surface area contributed by atoms with E-state index in [2.05, 4.69) is 29.2 Å². The minimum absolute atomic E-state index is 0.104. The van der Waals surface area contributed by atoms with Crippen LogP contribution in [0.25, 0.3) is 0 Å². The van der Waals surface area contributed by atoms with Crippen LogP contribution >= 0.6 is 34.2 Å². The lowest BCUT2D eigenvalue weighted by molar-refractivity contribution is -0.250. The SMILES string of the molecule is C=C(I)C[C@H](Cl)CCC(=O)/C=C/C(O)C1O[C@H]2CC[C@H](CC(=O)OC)O[C@@H]2[C@@H]2OC3(CCCCC3)O[C@H]12. The van der Waals surface area contributed by atoms with Crippen molar-refractivity contribution in [2.45, 2.75) is 125 Å². The summed E-state index contributed by atoms with van der Waals surface area (Å²) >= 11 is 8.40. The molecule has 0 aromatic heterocycles. The number of aliphatic hydroxyl groups excluding tert-OH is 1. The normalized spacial score (nSPS) is 34.5. The van der Waals surface area contributed by atoms with Gasteiger partial charge in [0, 0.05) is 24.6 Å². The quantitative estimate of drug-likeness (QED) is 0.159. The van der Waals surface area contributed by atoms with Crippen LogP contribution in [0.1, 0.15) is 70.6 Å². The van der Waals surface area contributed by atoms with Gasteiger partial charge in [-0.1, -0.05) is 13.0 Å². The second-order valence-electron chi connectivity index (χ2n) is 10.5. The van der Waals surface area contributed by atoms with Crippen molar-refractivity contribution in [3.05, 3.63) is 22.3 Å². The van der Waals surface area contributed by atoms with Gasteiger partial charge < -0.3 is 28.8 Å². The summed E-state index contributed by atoms with van der Waals surface area (Å²) in [4.78, 5) is 24.3. The highest BCUT2D eigenvalue weighted by Gasteiger charge is 2.60. The molecule has 0 aromatic rings. The van der Waals surface area contributed by atoms with E-state index in [4.69, 9.17) is 35.3 Å². The Kier molecular flexibility index (Phi) is 10.5. The van der Waals surface area contributed by atoms with E-state index < -0.39 is 36.3 Å². The molecule has 0 aromatic carbocycles. The molecule has 1 N–H and O–H groups in total. The molecule has 10 heteroatoms. The summed E-state index contributed by atoms with van der Waals surface area (Å²) in [5, 5.41) is 11.0. The molecule has 208 valence electrons. The maximum Gasteiger partial charge on any atom is 0.308 e. The second-order valence-corrected chi connectivity index (χ2v) is 12.7. The molecule has 37 heavy (non-hydrogen) atoms. The highest BCUT2D eigenvalue weighted by molar-refractivity contribution is 14.1. The van der Waals surface area contributed by atoms with Gasteiger partial charge in [0.2, 0.25) is 0 Å². The van der Waals surface area contributed by atoms with E-state index >= 15 is 0 Å². The number of methoxy groups -OCH3 is 1. The van der Waals surface area contributed by atoms with Crippen molar-refractivity contribution in [1.82, 2.24) is 0 Å². The van der Waals surface area contributed by atoms with Crippen LogP contribution < -0.4 is 0 Å². The Morgan fingerprint density at radius 1 is 1.16 bits per heavy atom. The van der Waals surface area contributed by atoms with Crippen LogP contribution in [0.4, 0.5) is 0 Å².